The number of halogens is 1. The summed E-state index contributed by atoms with van der Waals surface area (Å²) >= 11 is 7.70. The predicted molar refractivity (Wildman–Crippen MR) is 153 cm³/mol. The lowest BCUT2D eigenvalue weighted by molar-refractivity contribution is 0.0597. The van der Waals surface area contributed by atoms with E-state index in [0.29, 0.717) is 5.56 Å². The summed E-state index contributed by atoms with van der Waals surface area (Å²) in [5, 5.41) is 0.752. The number of ether oxygens (including phenoxy) is 1. The number of esters is 1. The van der Waals surface area contributed by atoms with E-state index in [1.54, 1.807) is 11.8 Å². The standard InChI is InChI=1S/C31H29ClN2O2S/c1-36-31(35)29-16-15-26(21-30(29)37-27-8-3-2-4-9-27)34-19-17-33(18-20-34)22-24-7-5-6-10-28(24)23-11-13-25(32)14-12-23/h2-16,21H,17-20,22H2,1H3. The third kappa shape index (κ3) is 6.19. The quantitative estimate of drug-likeness (QED) is 0.236. The van der Waals surface area contributed by atoms with E-state index in [4.69, 9.17) is 16.3 Å². The van der Waals surface area contributed by atoms with Crippen molar-refractivity contribution < 1.29 is 9.53 Å². The fraction of sp³-hybridized carbons (Fsp3) is 0.194. The number of anilines is 1. The third-order valence-electron chi connectivity index (χ3n) is 6.65. The van der Waals surface area contributed by atoms with Crippen LogP contribution >= 0.6 is 23.4 Å². The van der Waals surface area contributed by atoms with Gasteiger partial charge in [-0.25, -0.2) is 4.79 Å². The van der Waals surface area contributed by atoms with Gasteiger partial charge in [-0.1, -0.05) is 78.0 Å². The molecule has 188 valence electrons. The summed E-state index contributed by atoms with van der Waals surface area (Å²) < 4.78 is 5.04. The molecule has 1 heterocycles. The molecule has 0 aromatic heterocycles. The van der Waals surface area contributed by atoms with Gasteiger partial charge in [0.2, 0.25) is 0 Å². The molecule has 0 spiro atoms. The highest BCUT2D eigenvalue weighted by atomic mass is 35.5. The van der Waals surface area contributed by atoms with Crippen molar-refractivity contribution in [2.45, 2.75) is 16.3 Å². The number of carbonyl (C=O) groups is 1. The third-order valence-corrected chi connectivity index (χ3v) is 7.96. The molecule has 0 N–H and O–H groups in total. The van der Waals surface area contributed by atoms with Gasteiger partial charge >= 0.3 is 5.97 Å². The maximum atomic E-state index is 12.4. The molecule has 0 radical (unpaired) electrons. The highest BCUT2D eigenvalue weighted by Crippen LogP contribution is 2.34. The van der Waals surface area contributed by atoms with Crippen molar-refractivity contribution in [3.63, 3.8) is 0 Å². The minimum Gasteiger partial charge on any atom is -0.465 e. The second-order valence-corrected chi connectivity index (χ2v) is 10.6. The monoisotopic (exact) mass is 528 g/mol. The summed E-state index contributed by atoms with van der Waals surface area (Å²) in [7, 11) is 1.43. The van der Waals surface area contributed by atoms with Gasteiger partial charge < -0.3 is 9.64 Å². The van der Waals surface area contributed by atoms with Crippen LogP contribution < -0.4 is 4.90 Å². The predicted octanol–water partition coefficient (Wildman–Crippen LogP) is 7.27. The molecular formula is C31H29ClN2O2S. The minimum absolute atomic E-state index is 0.311. The Balaban J connectivity index is 1.29. The fourth-order valence-corrected chi connectivity index (χ4v) is 5.77. The van der Waals surface area contributed by atoms with E-state index in [9.17, 15) is 4.79 Å². The molecule has 1 fully saturated rings. The molecule has 0 amide bonds. The van der Waals surface area contributed by atoms with Crippen molar-refractivity contribution in [1.29, 1.82) is 0 Å². The second-order valence-electron chi connectivity index (χ2n) is 9.01. The van der Waals surface area contributed by atoms with Gasteiger partial charge in [0.25, 0.3) is 0 Å². The minimum atomic E-state index is -0.311. The Labute approximate surface area is 227 Å². The van der Waals surface area contributed by atoms with E-state index in [0.717, 1.165) is 53.2 Å². The van der Waals surface area contributed by atoms with Crippen molar-refractivity contribution in [3.05, 3.63) is 113 Å². The number of rotatable bonds is 7. The average Bonchev–Trinajstić information content (AvgIpc) is 2.94. The molecule has 0 bridgehead atoms. The fourth-order valence-electron chi connectivity index (χ4n) is 4.66. The Hall–Kier alpha value is -3.25. The van der Waals surface area contributed by atoms with Crippen molar-refractivity contribution in [2.24, 2.45) is 0 Å². The van der Waals surface area contributed by atoms with Gasteiger partial charge in [0, 0.05) is 53.2 Å². The van der Waals surface area contributed by atoms with Gasteiger partial charge in [0.05, 0.1) is 12.7 Å². The molecule has 1 aliphatic heterocycles. The van der Waals surface area contributed by atoms with Crippen molar-refractivity contribution in [3.8, 4) is 11.1 Å². The van der Waals surface area contributed by atoms with Crippen molar-refractivity contribution in [2.75, 3.05) is 38.2 Å². The topological polar surface area (TPSA) is 32.8 Å². The maximum absolute atomic E-state index is 12.4. The summed E-state index contributed by atoms with van der Waals surface area (Å²) in [6.45, 7) is 4.69. The Bertz CT molecular complexity index is 1350. The normalized spacial score (nSPS) is 13.9. The first-order valence-electron chi connectivity index (χ1n) is 12.4. The molecule has 4 nitrogen and oxygen atoms in total. The molecule has 0 unspecified atom stereocenters. The lowest BCUT2D eigenvalue weighted by Crippen LogP contribution is -2.46. The van der Waals surface area contributed by atoms with Crippen LogP contribution in [0.15, 0.2) is 107 Å². The summed E-state index contributed by atoms with van der Waals surface area (Å²) in [5.41, 5.74) is 5.49. The van der Waals surface area contributed by atoms with Crippen LogP contribution in [0.1, 0.15) is 15.9 Å². The smallest absolute Gasteiger partial charge is 0.339 e. The van der Waals surface area contributed by atoms with Crippen molar-refractivity contribution >= 4 is 35.0 Å². The highest BCUT2D eigenvalue weighted by molar-refractivity contribution is 7.99. The molecule has 0 saturated carbocycles. The Kier molecular flexibility index (Phi) is 8.15. The summed E-state index contributed by atoms with van der Waals surface area (Å²) in [6.07, 6.45) is 0. The van der Waals surface area contributed by atoms with Gasteiger partial charge in [-0.05, 0) is 59.2 Å². The SMILES string of the molecule is COC(=O)c1ccc(N2CCN(Cc3ccccc3-c3ccc(Cl)cc3)CC2)cc1Sc1ccccc1. The van der Waals surface area contributed by atoms with Gasteiger partial charge in [-0.2, -0.15) is 0 Å². The van der Waals surface area contributed by atoms with Crippen LogP contribution in [0, 0.1) is 0 Å². The van der Waals surface area contributed by atoms with Crippen LogP contribution in [0.4, 0.5) is 5.69 Å². The zero-order valence-electron chi connectivity index (χ0n) is 20.8. The molecule has 4 aromatic carbocycles. The van der Waals surface area contributed by atoms with Gasteiger partial charge in [-0.15, -0.1) is 0 Å². The van der Waals surface area contributed by atoms with Crippen LogP contribution in [0.2, 0.25) is 5.02 Å². The highest BCUT2D eigenvalue weighted by Gasteiger charge is 2.21. The summed E-state index contributed by atoms with van der Waals surface area (Å²) in [4.78, 5) is 19.3. The first kappa shape index (κ1) is 25.4. The van der Waals surface area contributed by atoms with Crippen molar-refractivity contribution in [1.82, 2.24) is 4.90 Å². The number of methoxy groups -OCH3 is 1. The van der Waals surface area contributed by atoms with Gasteiger partial charge in [0.1, 0.15) is 0 Å². The first-order valence-corrected chi connectivity index (χ1v) is 13.6. The van der Waals surface area contributed by atoms with Gasteiger partial charge in [-0.3, -0.25) is 4.90 Å². The molecule has 37 heavy (non-hydrogen) atoms. The zero-order valence-corrected chi connectivity index (χ0v) is 22.3. The van der Waals surface area contributed by atoms with Crippen LogP contribution in [0.3, 0.4) is 0 Å². The largest absolute Gasteiger partial charge is 0.465 e. The second kappa shape index (κ2) is 11.9. The lowest BCUT2D eigenvalue weighted by atomic mass is 9.99. The Morgan fingerprint density at radius 2 is 1.57 bits per heavy atom. The number of hydrogen-bond donors (Lipinski definition) is 0. The van der Waals surface area contributed by atoms with Gasteiger partial charge in [0.15, 0.2) is 0 Å². The molecule has 0 aliphatic carbocycles. The van der Waals surface area contributed by atoms with Crippen LogP contribution in [-0.2, 0) is 11.3 Å². The molecule has 0 atom stereocenters. The van der Waals surface area contributed by atoms with E-state index < -0.39 is 0 Å². The number of hydrogen-bond acceptors (Lipinski definition) is 5. The first-order chi connectivity index (χ1) is 18.1. The Morgan fingerprint density at radius 3 is 2.30 bits per heavy atom. The average molecular weight is 529 g/mol. The zero-order chi connectivity index (χ0) is 25.6. The molecule has 5 rings (SSSR count). The lowest BCUT2D eigenvalue weighted by Gasteiger charge is -2.36. The number of benzene rings is 4. The van der Waals surface area contributed by atoms with Crippen LogP contribution in [0.5, 0.6) is 0 Å². The van der Waals surface area contributed by atoms with E-state index >= 15 is 0 Å². The van der Waals surface area contributed by atoms with E-state index in [1.807, 2.05) is 42.5 Å². The van der Waals surface area contributed by atoms with E-state index in [2.05, 4.69) is 64.4 Å². The molecule has 1 saturated heterocycles. The molecule has 6 heteroatoms. The number of carbonyl (C=O) groups excluding carboxylic acids is 1. The summed E-state index contributed by atoms with van der Waals surface area (Å²) in [5.74, 6) is -0.311. The van der Waals surface area contributed by atoms with Crippen LogP contribution in [-0.4, -0.2) is 44.2 Å². The number of piperazine rings is 1. The molecule has 4 aromatic rings. The molecule has 1 aliphatic rings. The summed E-state index contributed by atoms with van der Waals surface area (Å²) in [6, 6.07) is 32.8. The van der Waals surface area contributed by atoms with Crippen LogP contribution in [0.25, 0.3) is 11.1 Å². The molecular weight excluding hydrogens is 500 g/mol. The maximum Gasteiger partial charge on any atom is 0.339 e. The van der Waals surface area contributed by atoms with E-state index in [-0.39, 0.29) is 5.97 Å². The number of nitrogens with zero attached hydrogens (tertiary/aromatic N) is 2. The van der Waals surface area contributed by atoms with E-state index in [1.165, 1.54) is 23.8 Å². The Morgan fingerprint density at radius 1 is 0.865 bits per heavy atom.